The van der Waals surface area contributed by atoms with E-state index in [0.29, 0.717) is 18.8 Å². The monoisotopic (exact) mass is 338 g/mol. The van der Waals surface area contributed by atoms with Crippen molar-refractivity contribution < 1.29 is 23.8 Å². The average Bonchev–Trinajstić information content (AvgIpc) is 2.54. The second kappa shape index (κ2) is 9.34. The Labute approximate surface area is 142 Å². The van der Waals surface area contributed by atoms with E-state index in [0.717, 1.165) is 39.1 Å². The highest BCUT2D eigenvalue weighted by atomic mass is 19.1. The first-order valence-electron chi connectivity index (χ1n) is 8.56. The van der Waals surface area contributed by atoms with Crippen LogP contribution in [-0.4, -0.2) is 57.6 Å². The second-order valence-corrected chi connectivity index (χ2v) is 6.26. The molecule has 1 aliphatic heterocycles. The molecule has 1 saturated heterocycles. The van der Waals surface area contributed by atoms with Gasteiger partial charge in [-0.1, -0.05) is 13.0 Å². The smallest absolute Gasteiger partial charge is 0.279 e. The molecule has 0 bridgehead atoms. The van der Waals surface area contributed by atoms with Gasteiger partial charge in [-0.15, -0.1) is 0 Å². The lowest BCUT2D eigenvalue weighted by atomic mass is 10.3. The first kappa shape index (κ1) is 18.4. The zero-order chi connectivity index (χ0) is 17.4. The quantitative estimate of drug-likeness (QED) is 0.468. The molecule has 0 radical (unpaired) electrons. The van der Waals surface area contributed by atoms with E-state index in [1.165, 1.54) is 21.9 Å². The fraction of sp³-hybridized carbons (Fsp3) is 0.529. The molecular formula is C17H27FN4O2+2. The number of amides is 2. The summed E-state index contributed by atoms with van der Waals surface area (Å²) in [7, 11) is 0. The summed E-state index contributed by atoms with van der Waals surface area (Å²) in [5, 5.41) is 5.62. The van der Waals surface area contributed by atoms with Crippen LogP contribution in [0.3, 0.4) is 0 Å². The van der Waals surface area contributed by atoms with Gasteiger partial charge in [-0.05, 0) is 24.6 Å². The molecular weight excluding hydrogens is 311 g/mol. The van der Waals surface area contributed by atoms with Crippen LogP contribution in [-0.2, 0) is 9.59 Å². The molecule has 1 fully saturated rings. The lowest BCUT2D eigenvalue weighted by molar-refractivity contribution is -1.00. The number of anilines is 1. The molecule has 0 saturated carbocycles. The molecule has 0 aliphatic carbocycles. The molecule has 4 N–H and O–H groups in total. The number of rotatable bonds is 7. The van der Waals surface area contributed by atoms with E-state index < -0.39 is 0 Å². The molecule has 24 heavy (non-hydrogen) atoms. The Hall–Kier alpha value is -1.99. The van der Waals surface area contributed by atoms with Gasteiger partial charge in [-0.3, -0.25) is 9.59 Å². The Kier molecular flexibility index (Phi) is 7.14. The number of carbonyl (C=O) groups is 2. The van der Waals surface area contributed by atoms with Crippen LogP contribution < -0.4 is 20.4 Å². The highest BCUT2D eigenvalue weighted by molar-refractivity contribution is 5.91. The molecule has 1 aliphatic rings. The maximum atomic E-state index is 13.1. The van der Waals surface area contributed by atoms with Gasteiger partial charge in [0, 0.05) is 12.2 Å². The van der Waals surface area contributed by atoms with Crippen molar-refractivity contribution >= 4 is 17.5 Å². The molecule has 1 aromatic carbocycles. The van der Waals surface area contributed by atoms with E-state index in [1.807, 2.05) is 6.92 Å². The van der Waals surface area contributed by atoms with E-state index in [9.17, 15) is 14.0 Å². The van der Waals surface area contributed by atoms with E-state index in [1.54, 1.807) is 12.1 Å². The number of piperazine rings is 1. The average molecular weight is 338 g/mol. The number of carbonyl (C=O) groups excluding carboxylic acids is 2. The summed E-state index contributed by atoms with van der Waals surface area (Å²) in [6.07, 6.45) is 0.944. The minimum atomic E-state index is -0.362. The fourth-order valence-electron chi connectivity index (χ4n) is 2.86. The number of nitrogens with one attached hydrogen (secondary N) is 4. The van der Waals surface area contributed by atoms with E-state index in [4.69, 9.17) is 0 Å². The predicted octanol–water partition coefficient (Wildman–Crippen LogP) is -1.93. The standard InChI is InChI=1S/C17H25FN4O2/c1-2-6-19-16(23)12-21-7-9-22(10-8-21)13-17(24)20-15-5-3-4-14(18)11-15/h3-5,11H,2,6-10,12-13H2,1H3,(H,19,23)(H,20,24)/p+2. The van der Waals surface area contributed by atoms with Gasteiger partial charge in [0.05, 0.1) is 0 Å². The molecule has 1 aromatic rings. The van der Waals surface area contributed by atoms with Crippen LogP contribution in [0.1, 0.15) is 13.3 Å². The summed E-state index contributed by atoms with van der Waals surface area (Å²) in [4.78, 5) is 26.2. The molecule has 0 unspecified atom stereocenters. The zero-order valence-electron chi connectivity index (χ0n) is 14.2. The van der Waals surface area contributed by atoms with Gasteiger partial charge in [0.2, 0.25) is 0 Å². The number of benzene rings is 1. The normalized spacial score (nSPS) is 20.4. The second-order valence-electron chi connectivity index (χ2n) is 6.26. The molecule has 7 heteroatoms. The van der Waals surface area contributed by atoms with Gasteiger partial charge in [0.1, 0.15) is 32.0 Å². The highest BCUT2D eigenvalue weighted by Gasteiger charge is 2.26. The van der Waals surface area contributed by atoms with Crippen LogP contribution >= 0.6 is 0 Å². The van der Waals surface area contributed by atoms with Crippen molar-refractivity contribution in [2.45, 2.75) is 13.3 Å². The Balaban J connectivity index is 1.69. The van der Waals surface area contributed by atoms with Crippen LogP contribution in [0, 0.1) is 5.82 Å². The number of quaternary nitrogens is 2. The first-order chi connectivity index (χ1) is 11.6. The minimum Gasteiger partial charge on any atom is -0.351 e. The number of halogens is 1. The maximum Gasteiger partial charge on any atom is 0.279 e. The Morgan fingerprint density at radius 2 is 1.71 bits per heavy atom. The van der Waals surface area contributed by atoms with Crippen LogP contribution in [0.5, 0.6) is 0 Å². The summed E-state index contributed by atoms with van der Waals surface area (Å²) in [6.45, 7) is 7.09. The van der Waals surface area contributed by atoms with Crippen LogP contribution in [0.25, 0.3) is 0 Å². The van der Waals surface area contributed by atoms with Gasteiger partial charge in [-0.2, -0.15) is 0 Å². The third-order valence-corrected chi connectivity index (χ3v) is 4.17. The zero-order valence-corrected chi connectivity index (χ0v) is 14.2. The molecule has 0 aromatic heterocycles. The summed E-state index contributed by atoms with van der Waals surface area (Å²) < 4.78 is 13.1. The maximum absolute atomic E-state index is 13.1. The third-order valence-electron chi connectivity index (χ3n) is 4.17. The van der Waals surface area contributed by atoms with E-state index in [-0.39, 0.29) is 17.6 Å². The van der Waals surface area contributed by atoms with Crippen molar-refractivity contribution in [3.63, 3.8) is 0 Å². The summed E-state index contributed by atoms with van der Waals surface area (Å²) in [5.74, 6) is -0.377. The lowest BCUT2D eigenvalue weighted by Crippen LogP contribution is -3.28. The van der Waals surface area contributed by atoms with Crippen molar-refractivity contribution in [1.82, 2.24) is 5.32 Å². The third kappa shape index (κ3) is 6.25. The Bertz CT molecular complexity index is 559. The first-order valence-corrected chi connectivity index (χ1v) is 8.56. The number of hydrogen-bond acceptors (Lipinski definition) is 2. The Morgan fingerprint density at radius 1 is 1.08 bits per heavy atom. The molecule has 2 amide bonds. The fourth-order valence-corrected chi connectivity index (χ4v) is 2.86. The number of hydrogen-bond donors (Lipinski definition) is 4. The van der Waals surface area contributed by atoms with E-state index in [2.05, 4.69) is 10.6 Å². The van der Waals surface area contributed by atoms with E-state index >= 15 is 0 Å². The summed E-state index contributed by atoms with van der Waals surface area (Å²) in [6, 6.07) is 5.90. The highest BCUT2D eigenvalue weighted by Crippen LogP contribution is 2.08. The van der Waals surface area contributed by atoms with Gasteiger partial charge >= 0.3 is 0 Å². The molecule has 0 atom stereocenters. The topological polar surface area (TPSA) is 67.1 Å². The Morgan fingerprint density at radius 3 is 2.29 bits per heavy atom. The van der Waals surface area contributed by atoms with Gasteiger partial charge in [0.15, 0.2) is 13.1 Å². The van der Waals surface area contributed by atoms with Crippen molar-refractivity contribution in [3.8, 4) is 0 Å². The van der Waals surface area contributed by atoms with Gasteiger partial charge in [0.25, 0.3) is 11.8 Å². The van der Waals surface area contributed by atoms with Crippen molar-refractivity contribution in [3.05, 3.63) is 30.1 Å². The van der Waals surface area contributed by atoms with Gasteiger partial charge in [-0.25, -0.2) is 4.39 Å². The molecule has 2 rings (SSSR count). The SMILES string of the molecule is CCCNC(=O)C[NH+]1CC[NH+](CC(=O)Nc2cccc(F)c2)CC1. The van der Waals surface area contributed by atoms with Crippen molar-refractivity contribution in [2.75, 3.05) is 51.1 Å². The molecule has 0 spiro atoms. The molecule has 6 nitrogen and oxygen atoms in total. The van der Waals surface area contributed by atoms with Crippen molar-refractivity contribution in [1.29, 1.82) is 0 Å². The minimum absolute atomic E-state index is 0.0964. The lowest BCUT2D eigenvalue weighted by Gasteiger charge is -2.28. The molecule has 1 heterocycles. The molecule has 132 valence electrons. The largest absolute Gasteiger partial charge is 0.351 e. The summed E-state index contributed by atoms with van der Waals surface area (Å²) in [5.41, 5.74) is 0.483. The van der Waals surface area contributed by atoms with Crippen LogP contribution in [0.2, 0.25) is 0 Å². The van der Waals surface area contributed by atoms with Crippen LogP contribution in [0.15, 0.2) is 24.3 Å². The predicted molar refractivity (Wildman–Crippen MR) is 89.5 cm³/mol. The van der Waals surface area contributed by atoms with Gasteiger partial charge < -0.3 is 20.4 Å². The van der Waals surface area contributed by atoms with Crippen molar-refractivity contribution in [2.24, 2.45) is 0 Å². The summed E-state index contributed by atoms with van der Waals surface area (Å²) >= 11 is 0. The van der Waals surface area contributed by atoms with Crippen LogP contribution in [0.4, 0.5) is 10.1 Å².